The largest absolute Gasteiger partial charge is 0.394 e. The summed E-state index contributed by atoms with van der Waals surface area (Å²) in [4.78, 5) is 0. The summed E-state index contributed by atoms with van der Waals surface area (Å²) >= 11 is 0. The minimum absolute atomic E-state index is 0.658. The van der Waals surface area contributed by atoms with Crippen molar-refractivity contribution in [2.24, 2.45) is 7.05 Å². The van der Waals surface area contributed by atoms with Gasteiger partial charge in [0.2, 0.25) is 0 Å². The van der Waals surface area contributed by atoms with E-state index in [0.29, 0.717) is 11.5 Å². The van der Waals surface area contributed by atoms with Crippen molar-refractivity contribution in [2.75, 3.05) is 11.1 Å². The van der Waals surface area contributed by atoms with E-state index in [1.807, 2.05) is 13.1 Å². The van der Waals surface area contributed by atoms with Gasteiger partial charge in [-0.3, -0.25) is 4.68 Å². The van der Waals surface area contributed by atoms with Crippen LogP contribution in [0.3, 0.4) is 0 Å². The highest BCUT2D eigenvalue weighted by molar-refractivity contribution is 5.68. The van der Waals surface area contributed by atoms with Gasteiger partial charge in [-0.2, -0.15) is 5.10 Å². The highest BCUT2D eigenvalue weighted by atomic mass is 15.3. The Balaban J connectivity index is 2.27. The predicted molar refractivity (Wildman–Crippen MR) is 71.5 cm³/mol. The van der Waals surface area contributed by atoms with Gasteiger partial charge in [-0.05, 0) is 36.6 Å². The molecule has 0 aliphatic rings. The van der Waals surface area contributed by atoms with Crippen molar-refractivity contribution >= 4 is 17.2 Å². The Bertz CT molecular complexity index is 528. The third kappa shape index (κ3) is 2.41. The molecule has 0 atom stereocenters. The van der Waals surface area contributed by atoms with Crippen molar-refractivity contribution in [1.82, 2.24) is 9.78 Å². The molecular weight excluding hydrogens is 212 g/mol. The van der Waals surface area contributed by atoms with Crippen LogP contribution < -0.4 is 11.1 Å². The summed E-state index contributed by atoms with van der Waals surface area (Å²) in [5.41, 5.74) is 10.2. The normalized spacial score (nSPS) is 10.5. The van der Waals surface area contributed by atoms with Crippen LogP contribution in [-0.2, 0) is 13.5 Å². The average Bonchev–Trinajstić information content (AvgIpc) is 2.60. The van der Waals surface area contributed by atoms with Gasteiger partial charge >= 0.3 is 0 Å². The molecule has 17 heavy (non-hydrogen) atoms. The molecule has 0 spiro atoms. The van der Waals surface area contributed by atoms with E-state index in [4.69, 9.17) is 5.73 Å². The number of nitrogen functional groups attached to an aromatic ring is 1. The third-order valence-electron chi connectivity index (χ3n) is 2.85. The van der Waals surface area contributed by atoms with E-state index in [-0.39, 0.29) is 0 Å². The fourth-order valence-corrected chi connectivity index (χ4v) is 1.87. The van der Waals surface area contributed by atoms with E-state index in [2.05, 4.69) is 36.4 Å². The lowest BCUT2D eigenvalue weighted by atomic mass is 10.1. The van der Waals surface area contributed by atoms with Gasteiger partial charge in [-0.1, -0.05) is 13.0 Å². The number of hydrogen-bond donors (Lipinski definition) is 2. The number of nitrogens with zero attached hydrogens (tertiary/aromatic N) is 2. The highest BCUT2D eigenvalue weighted by Crippen LogP contribution is 2.22. The molecule has 1 heterocycles. The van der Waals surface area contributed by atoms with Crippen molar-refractivity contribution in [1.29, 1.82) is 0 Å². The third-order valence-corrected chi connectivity index (χ3v) is 2.85. The molecule has 2 aromatic rings. The van der Waals surface area contributed by atoms with Crippen LogP contribution in [-0.4, -0.2) is 9.78 Å². The highest BCUT2D eigenvalue weighted by Gasteiger charge is 2.05. The Morgan fingerprint density at radius 2 is 2.18 bits per heavy atom. The van der Waals surface area contributed by atoms with E-state index < -0.39 is 0 Å². The van der Waals surface area contributed by atoms with Gasteiger partial charge in [-0.25, -0.2) is 0 Å². The van der Waals surface area contributed by atoms with Crippen molar-refractivity contribution in [3.8, 4) is 0 Å². The standard InChI is InChI=1S/C13H18N4/c1-4-10-7-11(6-5-9(10)2)15-13-12(14)8-17(3)16-13/h5-8H,4,14H2,1-3H3,(H,15,16). The minimum Gasteiger partial charge on any atom is -0.394 e. The van der Waals surface area contributed by atoms with Gasteiger partial charge in [0.1, 0.15) is 0 Å². The smallest absolute Gasteiger partial charge is 0.175 e. The fraction of sp³-hybridized carbons (Fsp3) is 0.308. The van der Waals surface area contributed by atoms with Crippen LogP contribution in [0.4, 0.5) is 17.2 Å². The molecule has 0 saturated heterocycles. The van der Waals surface area contributed by atoms with Gasteiger partial charge < -0.3 is 11.1 Å². The number of aryl methyl sites for hydroxylation is 3. The van der Waals surface area contributed by atoms with Gasteiger partial charge in [-0.15, -0.1) is 0 Å². The summed E-state index contributed by atoms with van der Waals surface area (Å²) in [6, 6.07) is 6.30. The predicted octanol–water partition coefficient (Wildman–Crippen LogP) is 2.62. The number of nitrogens with one attached hydrogen (secondary N) is 1. The van der Waals surface area contributed by atoms with E-state index in [1.54, 1.807) is 10.9 Å². The molecule has 4 heteroatoms. The number of rotatable bonds is 3. The zero-order valence-electron chi connectivity index (χ0n) is 10.5. The van der Waals surface area contributed by atoms with Crippen LogP contribution in [0.5, 0.6) is 0 Å². The Morgan fingerprint density at radius 3 is 2.76 bits per heavy atom. The Morgan fingerprint density at radius 1 is 1.41 bits per heavy atom. The van der Waals surface area contributed by atoms with Crippen LogP contribution in [0.1, 0.15) is 18.1 Å². The molecule has 3 N–H and O–H groups in total. The number of aromatic nitrogens is 2. The first-order chi connectivity index (χ1) is 8.10. The Labute approximate surface area is 101 Å². The average molecular weight is 230 g/mol. The molecule has 90 valence electrons. The summed E-state index contributed by atoms with van der Waals surface area (Å²) in [7, 11) is 1.86. The fourth-order valence-electron chi connectivity index (χ4n) is 1.87. The first kappa shape index (κ1) is 11.5. The van der Waals surface area contributed by atoms with E-state index in [0.717, 1.165) is 12.1 Å². The second kappa shape index (κ2) is 4.49. The maximum atomic E-state index is 5.84. The van der Waals surface area contributed by atoms with Crippen molar-refractivity contribution < 1.29 is 0 Å². The lowest BCUT2D eigenvalue weighted by Crippen LogP contribution is -1.97. The summed E-state index contributed by atoms with van der Waals surface area (Å²) in [5, 5.41) is 7.50. The second-order valence-electron chi connectivity index (χ2n) is 4.23. The van der Waals surface area contributed by atoms with Crippen LogP contribution in [0.25, 0.3) is 0 Å². The van der Waals surface area contributed by atoms with Crippen LogP contribution in [0, 0.1) is 6.92 Å². The molecule has 1 aromatic heterocycles. The lowest BCUT2D eigenvalue weighted by Gasteiger charge is -2.08. The zero-order valence-corrected chi connectivity index (χ0v) is 10.5. The Kier molecular flexibility index (Phi) is 3.04. The molecule has 4 nitrogen and oxygen atoms in total. The topological polar surface area (TPSA) is 55.9 Å². The second-order valence-corrected chi connectivity index (χ2v) is 4.23. The van der Waals surface area contributed by atoms with E-state index in [9.17, 15) is 0 Å². The lowest BCUT2D eigenvalue weighted by molar-refractivity contribution is 0.771. The number of hydrogen-bond acceptors (Lipinski definition) is 3. The maximum Gasteiger partial charge on any atom is 0.175 e. The molecule has 0 bridgehead atoms. The van der Waals surface area contributed by atoms with Crippen LogP contribution in [0.2, 0.25) is 0 Å². The van der Waals surface area contributed by atoms with Gasteiger partial charge in [0.05, 0.1) is 5.69 Å². The summed E-state index contributed by atoms with van der Waals surface area (Å²) < 4.78 is 1.70. The minimum atomic E-state index is 0.658. The molecule has 0 saturated carbocycles. The van der Waals surface area contributed by atoms with Crippen molar-refractivity contribution in [2.45, 2.75) is 20.3 Å². The molecule has 0 unspecified atom stereocenters. The molecule has 0 amide bonds. The molecule has 0 aliphatic carbocycles. The quantitative estimate of drug-likeness (QED) is 0.852. The first-order valence-electron chi connectivity index (χ1n) is 5.76. The SMILES string of the molecule is CCc1cc(Nc2nn(C)cc2N)ccc1C. The van der Waals surface area contributed by atoms with Crippen LogP contribution in [0.15, 0.2) is 24.4 Å². The summed E-state index contributed by atoms with van der Waals surface area (Å²) in [5.74, 6) is 0.707. The molecule has 2 rings (SSSR count). The molecule has 0 fully saturated rings. The van der Waals surface area contributed by atoms with E-state index in [1.165, 1.54) is 11.1 Å². The first-order valence-corrected chi connectivity index (χ1v) is 5.76. The van der Waals surface area contributed by atoms with Gasteiger partial charge in [0, 0.05) is 18.9 Å². The number of nitrogens with two attached hydrogens (primary N) is 1. The molecule has 0 aliphatic heterocycles. The zero-order chi connectivity index (χ0) is 12.4. The molecule has 0 radical (unpaired) electrons. The van der Waals surface area contributed by atoms with Gasteiger partial charge in [0.15, 0.2) is 5.82 Å². The number of benzene rings is 1. The summed E-state index contributed by atoms with van der Waals surface area (Å²) in [6.07, 6.45) is 2.82. The van der Waals surface area contributed by atoms with Crippen molar-refractivity contribution in [3.63, 3.8) is 0 Å². The summed E-state index contributed by atoms with van der Waals surface area (Å²) in [6.45, 7) is 4.28. The monoisotopic (exact) mass is 230 g/mol. The van der Waals surface area contributed by atoms with Crippen LogP contribution >= 0.6 is 0 Å². The number of anilines is 3. The van der Waals surface area contributed by atoms with Crippen molar-refractivity contribution in [3.05, 3.63) is 35.5 Å². The Hall–Kier alpha value is -1.97. The van der Waals surface area contributed by atoms with Gasteiger partial charge in [0.25, 0.3) is 0 Å². The molecule has 1 aromatic carbocycles. The maximum absolute atomic E-state index is 5.84. The van der Waals surface area contributed by atoms with E-state index >= 15 is 0 Å². The molecular formula is C13H18N4.